The van der Waals surface area contributed by atoms with Crippen LogP contribution in [0, 0.1) is 0 Å². The van der Waals surface area contributed by atoms with Crippen molar-refractivity contribution in [3.63, 3.8) is 0 Å². The number of rotatable bonds is 3. The molecule has 0 aromatic carbocycles. The van der Waals surface area contributed by atoms with E-state index in [1.54, 1.807) is 0 Å². The molecule has 0 N–H and O–H groups in total. The third kappa shape index (κ3) is 4.02. The summed E-state index contributed by atoms with van der Waals surface area (Å²) in [4.78, 5) is 4.78. The van der Waals surface area contributed by atoms with Gasteiger partial charge in [-0.05, 0) is 26.9 Å². The minimum atomic E-state index is -2.12. The maximum Gasteiger partial charge on any atom is 0.339 e. The van der Waals surface area contributed by atoms with Crippen molar-refractivity contribution in [3.05, 3.63) is 0 Å². The van der Waals surface area contributed by atoms with Gasteiger partial charge in [0.25, 0.3) is 0 Å². The van der Waals surface area contributed by atoms with Gasteiger partial charge < -0.3 is 18.5 Å². The average Bonchev–Trinajstić information content (AvgIpc) is 2.42. The summed E-state index contributed by atoms with van der Waals surface area (Å²) in [5.74, 6) is 0. The number of likely N-dealkylation sites (N-methyl/N-ethyl adjacent to an activating group) is 1. The molecule has 2 aliphatic heterocycles. The molecule has 118 valence electrons. The van der Waals surface area contributed by atoms with Gasteiger partial charge >= 0.3 is 8.56 Å². The van der Waals surface area contributed by atoms with Crippen LogP contribution in [0.15, 0.2) is 0 Å². The van der Waals surface area contributed by atoms with E-state index in [-0.39, 0.29) is 6.23 Å². The maximum absolute atomic E-state index is 6.51. The van der Waals surface area contributed by atoms with Crippen molar-refractivity contribution in [2.75, 3.05) is 53.0 Å². The van der Waals surface area contributed by atoms with E-state index in [0.29, 0.717) is 12.1 Å². The van der Waals surface area contributed by atoms with Crippen molar-refractivity contribution in [1.29, 1.82) is 0 Å². The molecule has 3 atom stereocenters. The Morgan fingerprint density at radius 3 is 2.60 bits per heavy atom. The Morgan fingerprint density at radius 1 is 1.25 bits per heavy atom. The van der Waals surface area contributed by atoms with Gasteiger partial charge in [0.1, 0.15) is 6.23 Å². The third-order valence-electron chi connectivity index (χ3n) is 4.60. The number of hydrogen-bond donors (Lipinski definition) is 0. The minimum Gasteiger partial charge on any atom is -0.394 e. The average molecular weight is 302 g/mol. The number of nitrogens with zero attached hydrogens (tertiary/aromatic N) is 2. The van der Waals surface area contributed by atoms with Gasteiger partial charge in [0, 0.05) is 44.9 Å². The highest BCUT2D eigenvalue weighted by atomic mass is 28.4. The van der Waals surface area contributed by atoms with Crippen molar-refractivity contribution in [1.82, 2.24) is 9.80 Å². The summed E-state index contributed by atoms with van der Waals surface area (Å²) in [6.45, 7) is 13.1. The van der Waals surface area contributed by atoms with Crippen LogP contribution in [-0.2, 0) is 13.6 Å². The van der Waals surface area contributed by atoms with Gasteiger partial charge in [-0.3, -0.25) is 4.90 Å². The van der Waals surface area contributed by atoms with Crippen LogP contribution in [0.5, 0.6) is 0 Å². The Hall–Kier alpha value is 0.0169. The lowest BCUT2D eigenvalue weighted by Gasteiger charge is -2.43. The first kappa shape index (κ1) is 16.4. The Bertz CT molecular complexity index is 300. The first-order chi connectivity index (χ1) is 9.55. The fourth-order valence-electron chi connectivity index (χ4n) is 2.88. The normalized spacial score (nSPS) is 38.4. The van der Waals surface area contributed by atoms with Crippen LogP contribution in [0.2, 0.25) is 12.1 Å². The van der Waals surface area contributed by atoms with Crippen molar-refractivity contribution < 1.29 is 13.6 Å². The van der Waals surface area contributed by atoms with Gasteiger partial charge in [-0.2, -0.15) is 0 Å². The second-order valence-electron chi connectivity index (χ2n) is 6.13. The molecule has 0 saturated carbocycles. The van der Waals surface area contributed by atoms with Gasteiger partial charge in [0.15, 0.2) is 0 Å². The first-order valence-corrected chi connectivity index (χ1v) is 10.3. The molecule has 2 saturated heterocycles. The quantitative estimate of drug-likeness (QED) is 0.738. The lowest BCUT2D eigenvalue weighted by atomic mass is 10.3. The van der Waals surface area contributed by atoms with Crippen molar-refractivity contribution >= 4 is 8.56 Å². The molecule has 6 heteroatoms. The van der Waals surface area contributed by atoms with Crippen LogP contribution in [0.1, 0.15) is 20.3 Å². The monoisotopic (exact) mass is 302 g/mol. The third-order valence-corrected chi connectivity index (χ3v) is 8.28. The van der Waals surface area contributed by atoms with Crippen molar-refractivity contribution in [2.24, 2.45) is 0 Å². The molecule has 0 spiro atoms. The summed E-state index contributed by atoms with van der Waals surface area (Å²) in [5, 5.41) is 0. The van der Waals surface area contributed by atoms with Crippen LogP contribution in [0.3, 0.4) is 0 Å². The number of piperazine rings is 1. The van der Waals surface area contributed by atoms with E-state index in [0.717, 1.165) is 45.8 Å². The zero-order chi connectivity index (χ0) is 14.6. The molecule has 0 aromatic heterocycles. The van der Waals surface area contributed by atoms with E-state index in [2.05, 4.69) is 37.2 Å². The van der Waals surface area contributed by atoms with Crippen LogP contribution >= 0.6 is 0 Å². The Balaban J connectivity index is 2.03. The Morgan fingerprint density at radius 2 is 1.95 bits per heavy atom. The zero-order valence-electron chi connectivity index (χ0n) is 13.4. The summed E-state index contributed by atoms with van der Waals surface area (Å²) < 4.78 is 18.4. The highest BCUT2D eigenvalue weighted by molar-refractivity contribution is 6.67. The van der Waals surface area contributed by atoms with Gasteiger partial charge in [-0.15, -0.1) is 0 Å². The van der Waals surface area contributed by atoms with Gasteiger partial charge in [0.2, 0.25) is 0 Å². The van der Waals surface area contributed by atoms with Gasteiger partial charge in [-0.25, -0.2) is 0 Å². The molecular weight excluding hydrogens is 272 g/mol. The largest absolute Gasteiger partial charge is 0.394 e. The van der Waals surface area contributed by atoms with E-state index in [4.69, 9.17) is 13.6 Å². The molecule has 2 aliphatic rings. The topological polar surface area (TPSA) is 34.2 Å². The minimum absolute atomic E-state index is 0.0645. The molecule has 2 rings (SSSR count). The number of hydrogen-bond acceptors (Lipinski definition) is 5. The molecule has 0 bridgehead atoms. The second kappa shape index (κ2) is 7.33. The molecule has 20 heavy (non-hydrogen) atoms. The maximum atomic E-state index is 6.51. The summed E-state index contributed by atoms with van der Waals surface area (Å²) in [6.07, 6.45) is 1.10. The van der Waals surface area contributed by atoms with Crippen LogP contribution in [-0.4, -0.2) is 77.6 Å². The molecule has 3 unspecified atom stereocenters. The van der Waals surface area contributed by atoms with E-state index in [9.17, 15) is 0 Å². The smallest absolute Gasteiger partial charge is 0.339 e. The molecule has 0 aliphatic carbocycles. The molecular formula is C14H30N2O3Si. The fraction of sp³-hybridized carbons (Fsp3) is 1.00. The molecule has 0 radical (unpaired) electrons. The first-order valence-electron chi connectivity index (χ1n) is 7.87. The van der Waals surface area contributed by atoms with E-state index >= 15 is 0 Å². The number of ether oxygens (including phenoxy) is 1. The molecule has 2 fully saturated rings. The zero-order valence-corrected chi connectivity index (χ0v) is 14.4. The SMILES string of the molecule is CCO[Si]1(C)OC(N2CCN(C)CC2)COCCC1C. The van der Waals surface area contributed by atoms with Gasteiger partial charge in [0.05, 0.1) is 6.61 Å². The second-order valence-corrected chi connectivity index (χ2v) is 9.67. The highest BCUT2D eigenvalue weighted by Crippen LogP contribution is 2.31. The van der Waals surface area contributed by atoms with E-state index in [1.807, 2.05) is 0 Å². The van der Waals surface area contributed by atoms with E-state index < -0.39 is 8.56 Å². The summed E-state index contributed by atoms with van der Waals surface area (Å²) in [5.41, 5.74) is 0.470. The van der Waals surface area contributed by atoms with Crippen LogP contribution in [0.25, 0.3) is 0 Å². The lowest BCUT2D eigenvalue weighted by molar-refractivity contribution is -0.0836. The molecule has 0 amide bonds. The Labute approximate surface area is 124 Å². The predicted octanol–water partition coefficient (Wildman–Crippen LogP) is 1.50. The van der Waals surface area contributed by atoms with Gasteiger partial charge in [-0.1, -0.05) is 6.92 Å². The van der Waals surface area contributed by atoms with Crippen LogP contribution in [0.4, 0.5) is 0 Å². The molecule has 2 heterocycles. The molecule has 0 aromatic rings. The standard InChI is InChI=1S/C14H30N2O3Si/c1-5-18-20(4)13(2)6-11-17-12-14(19-20)16-9-7-15(3)8-10-16/h13-14H,5-12H2,1-4H3. The van der Waals surface area contributed by atoms with Crippen molar-refractivity contribution in [3.8, 4) is 0 Å². The van der Waals surface area contributed by atoms with Crippen molar-refractivity contribution in [2.45, 2.75) is 38.6 Å². The summed E-state index contributed by atoms with van der Waals surface area (Å²) in [6, 6.07) is 0. The molecule has 5 nitrogen and oxygen atoms in total. The summed E-state index contributed by atoms with van der Waals surface area (Å²) >= 11 is 0. The fourth-order valence-corrected chi connectivity index (χ4v) is 5.44. The van der Waals surface area contributed by atoms with E-state index in [1.165, 1.54) is 0 Å². The highest BCUT2D eigenvalue weighted by Gasteiger charge is 2.43. The summed E-state index contributed by atoms with van der Waals surface area (Å²) in [7, 11) is 0.0527. The predicted molar refractivity (Wildman–Crippen MR) is 82.0 cm³/mol. The lowest BCUT2D eigenvalue weighted by Crippen LogP contribution is -2.57. The Kier molecular flexibility index (Phi) is 6.01. The van der Waals surface area contributed by atoms with Crippen LogP contribution < -0.4 is 0 Å².